The molecule has 3 nitrogen and oxygen atoms in total. The molecule has 0 aliphatic heterocycles. The van der Waals surface area contributed by atoms with Crippen molar-refractivity contribution in [2.75, 3.05) is 27.2 Å². The van der Waals surface area contributed by atoms with Gasteiger partial charge in [-0.2, -0.15) is 0 Å². The Morgan fingerprint density at radius 1 is 1.00 bits per heavy atom. The highest BCUT2D eigenvalue weighted by Gasteiger charge is 2.16. The number of nitrogens with zero attached hydrogens (tertiary/aromatic N) is 2. The molecule has 2 rings (SSSR count). The second kappa shape index (κ2) is 7.97. The maximum absolute atomic E-state index is 12.8. The highest BCUT2D eigenvalue weighted by Crippen LogP contribution is 2.14. The van der Waals surface area contributed by atoms with E-state index < -0.39 is 0 Å². The number of hydrogen-bond donors (Lipinski definition) is 0. The molecule has 1 amide bonds. The average Bonchev–Trinajstić information content (AvgIpc) is 2.51. The van der Waals surface area contributed by atoms with Crippen molar-refractivity contribution in [3.05, 3.63) is 70.7 Å². The van der Waals surface area contributed by atoms with Crippen LogP contribution in [0.4, 0.5) is 0 Å². The van der Waals surface area contributed by atoms with Gasteiger partial charge in [-0.15, -0.1) is 0 Å². The van der Waals surface area contributed by atoms with Crippen LogP contribution in [-0.4, -0.2) is 42.9 Å². The lowest BCUT2D eigenvalue weighted by atomic mass is 10.1. The minimum atomic E-state index is 0.00760. The summed E-state index contributed by atoms with van der Waals surface area (Å²) in [6, 6.07) is 17.1. The van der Waals surface area contributed by atoms with Crippen molar-refractivity contribution in [1.29, 1.82) is 0 Å². The van der Waals surface area contributed by atoms with Gasteiger partial charge < -0.3 is 9.80 Å². The minimum Gasteiger partial charge on any atom is -0.333 e. The minimum absolute atomic E-state index is 0.00760. The zero-order valence-electron chi connectivity index (χ0n) is 13.0. The summed E-state index contributed by atoms with van der Waals surface area (Å²) in [5, 5.41) is 0.582. The SMILES string of the molecule is CN(C)CCN(Cc1ccccc1)C(=O)c1cccc(Cl)c1. The molecule has 0 atom stereocenters. The molecule has 0 bridgehead atoms. The highest BCUT2D eigenvalue weighted by molar-refractivity contribution is 6.30. The van der Waals surface area contributed by atoms with Gasteiger partial charge in [-0.1, -0.05) is 48.0 Å². The van der Waals surface area contributed by atoms with Crippen molar-refractivity contribution in [2.24, 2.45) is 0 Å². The normalized spacial score (nSPS) is 10.7. The van der Waals surface area contributed by atoms with E-state index in [1.807, 2.05) is 61.5 Å². The zero-order valence-corrected chi connectivity index (χ0v) is 13.8. The molecule has 4 heteroatoms. The molecular weight excluding hydrogens is 296 g/mol. The maximum atomic E-state index is 12.8. The first-order valence-corrected chi connectivity index (χ1v) is 7.67. The summed E-state index contributed by atoms with van der Waals surface area (Å²) in [6.45, 7) is 2.09. The van der Waals surface area contributed by atoms with E-state index in [1.165, 1.54) is 0 Å². The van der Waals surface area contributed by atoms with Crippen LogP contribution in [0.2, 0.25) is 5.02 Å². The monoisotopic (exact) mass is 316 g/mol. The molecule has 0 spiro atoms. The van der Waals surface area contributed by atoms with E-state index in [4.69, 9.17) is 11.6 Å². The van der Waals surface area contributed by atoms with Gasteiger partial charge in [-0.3, -0.25) is 4.79 Å². The molecule has 0 fully saturated rings. The predicted octanol–water partition coefficient (Wildman–Crippen LogP) is 3.54. The largest absolute Gasteiger partial charge is 0.333 e. The lowest BCUT2D eigenvalue weighted by Gasteiger charge is -2.25. The van der Waals surface area contributed by atoms with Crippen LogP contribution in [-0.2, 0) is 6.54 Å². The molecule has 0 radical (unpaired) electrons. The third-order valence-electron chi connectivity index (χ3n) is 3.39. The Labute approximate surface area is 137 Å². The van der Waals surface area contributed by atoms with Gasteiger partial charge in [-0.25, -0.2) is 0 Å². The summed E-state index contributed by atoms with van der Waals surface area (Å²) in [4.78, 5) is 16.7. The second-order valence-corrected chi connectivity index (χ2v) is 5.96. The molecule has 0 saturated heterocycles. The number of halogens is 1. The maximum Gasteiger partial charge on any atom is 0.254 e. The first-order valence-electron chi connectivity index (χ1n) is 7.30. The molecule has 0 saturated carbocycles. The Morgan fingerprint density at radius 2 is 1.73 bits per heavy atom. The third kappa shape index (κ3) is 4.86. The smallest absolute Gasteiger partial charge is 0.254 e. The van der Waals surface area contributed by atoms with Crippen LogP contribution in [0.25, 0.3) is 0 Å². The van der Waals surface area contributed by atoms with E-state index in [2.05, 4.69) is 4.90 Å². The first kappa shape index (κ1) is 16.5. The number of carbonyl (C=O) groups is 1. The summed E-state index contributed by atoms with van der Waals surface area (Å²) in [5.41, 5.74) is 1.75. The molecule has 0 heterocycles. The Balaban J connectivity index is 2.17. The molecule has 0 aliphatic rings. The Kier molecular flexibility index (Phi) is 5.99. The van der Waals surface area contributed by atoms with Gasteiger partial charge >= 0.3 is 0 Å². The molecule has 2 aromatic rings. The topological polar surface area (TPSA) is 23.6 Å². The fourth-order valence-electron chi connectivity index (χ4n) is 2.18. The summed E-state index contributed by atoms with van der Waals surface area (Å²) >= 11 is 6.00. The van der Waals surface area contributed by atoms with Gasteiger partial charge in [0.1, 0.15) is 0 Å². The van der Waals surface area contributed by atoms with Crippen LogP contribution in [0.3, 0.4) is 0 Å². The van der Waals surface area contributed by atoms with Gasteiger partial charge in [0.15, 0.2) is 0 Å². The van der Waals surface area contributed by atoms with E-state index in [0.29, 0.717) is 23.7 Å². The summed E-state index contributed by atoms with van der Waals surface area (Å²) < 4.78 is 0. The van der Waals surface area contributed by atoms with Gasteiger partial charge in [-0.05, 0) is 37.9 Å². The lowest BCUT2D eigenvalue weighted by molar-refractivity contribution is 0.0732. The number of carbonyl (C=O) groups excluding carboxylic acids is 1. The van der Waals surface area contributed by atoms with Crippen molar-refractivity contribution in [3.63, 3.8) is 0 Å². The van der Waals surface area contributed by atoms with E-state index in [1.54, 1.807) is 12.1 Å². The fourth-order valence-corrected chi connectivity index (χ4v) is 2.37. The van der Waals surface area contributed by atoms with E-state index >= 15 is 0 Å². The number of hydrogen-bond acceptors (Lipinski definition) is 2. The quantitative estimate of drug-likeness (QED) is 0.813. The molecule has 0 N–H and O–H groups in total. The Hall–Kier alpha value is -1.84. The van der Waals surface area contributed by atoms with Crippen LogP contribution < -0.4 is 0 Å². The van der Waals surface area contributed by atoms with Crippen LogP contribution >= 0.6 is 11.6 Å². The van der Waals surface area contributed by atoms with Crippen molar-refractivity contribution in [3.8, 4) is 0 Å². The van der Waals surface area contributed by atoms with Crippen LogP contribution in [0, 0.1) is 0 Å². The first-order chi connectivity index (χ1) is 10.6. The Bertz CT molecular complexity index is 613. The molecule has 0 unspecified atom stereocenters. The Morgan fingerprint density at radius 3 is 2.36 bits per heavy atom. The van der Waals surface area contributed by atoms with Gasteiger partial charge in [0, 0.05) is 30.2 Å². The fraction of sp³-hybridized carbons (Fsp3) is 0.278. The van der Waals surface area contributed by atoms with Crippen LogP contribution in [0.1, 0.15) is 15.9 Å². The molecule has 2 aromatic carbocycles. The molecule has 0 aliphatic carbocycles. The standard InChI is InChI=1S/C18H21ClN2O/c1-20(2)11-12-21(14-15-7-4-3-5-8-15)18(22)16-9-6-10-17(19)13-16/h3-10,13H,11-12,14H2,1-2H3. The third-order valence-corrected chi connectivity index (χ3v) is 3.63. The average molecular weight is 317 g/mol. The molecular formula is C18H21ClN2O. The zero-order chi connectivity index (χ0) is 15.9. The number of amides is 1. The number of likely N-dealkylation sites (N-methyl/N-ethyl adjacent to an activating group) is 1. The molecule has 0 aromatic heterocycles. The van der Waals surface area contributed by atoms with Crippen molar-refractivity contribution < 1.29 is 4.79 Å². The van der Waals surface area contributed by atoms with Gasteiger partial charge in [0.25, 0.3) is 5.91 Å². The van der Waals surface area contributed by atoms with Gasteiger partial charge in [0.2, 0.25) is 0 Å². The second-order valence-electron chi connectivity index (χ2n) is 5.53. The lowest BCUT2D eigenvalue weighted by Crippen LogP contribution is -2.36. The molecule has 116 valence electrons. The van der Waals surface area contributed by atoms with E-state index in [-0.39, 0.29) is 5.91 Å². The summed E-state index contributed by atoms with van der Waals surface area (Å²) in [5.74, 6) is 0.00760. The predicted molar refractivity (Wildman–Crippen MR) is 91.2 cm³/mol. The highest BCUT2D eigenvalue weighted by atomic mass is 35.5. The summed E-state index contributed by atoms with van der Waals surface area (Å²) in [6.07, 6.45) is 0. The van der Waals surface area contributed by atoms with E-state index in [0.717, 1.165) is 12.1 Å². The van der Waals surface area contributed by atoms with Crippen molar-refractivity contribution in [1.82, 2.24) is 9.80 Å². The number of rotatable bonds is 6. The van der Waals surface area contributed by atoms with Crippen molar-refractivity contribution in [2.45, 2.75) is 6.54 Å². The van der Waals surface area contributed by atoms with Crippen LogP contribution in [0.5, 0.6) is 0 Å². The van der Waals surface area contributed by atoms with Crippen molar-refractivity contribution >= 4 is 17.5 Å². The molecule has 22 heavy (non-hydrogen) atoms. The van der Waals surface area contributed by atoms with E-state index in [9.17, 15) is 4.79 Å². The summed E-state index contributed by atoms with van der Waals surface area (Å²) in [7, 11) is 4.01. The number of benzene rings is 2. The van der Waals surface area contributed by atoms with Gasteiger partial charge in [0.05, 0.1) is 0 Å². The van der Waals surface area contributed by atoms with Crippen LogP contribution in [0.15, 0.2) is 54.6 Å².